The third-order valence-electron chi connectivity index (χ3n) is 4.03. The van der Waals surface area contributed by atoms with Crippen LogP contribution in [0.1, 0.15) is 26.3 Å². The molecule has 21 heavy (non-hydrogen) atoms. The van der Waals surface area contributed by atoms with Gasteiger partial charge < -0.3 is 19.7 Å². The van der Waals surface area contributed by atoms with Gasteiger partial charge >= 0.3 is 6.03 Å². The minimum absolute atomic E-state index is 0.0217. The predicted octanol–water partition coefficient (Wildman–Crippen LogP) is 2.86. The van der Waals surface area contributed by atoms with E-state index < -0.39 is 0 Å². The van der Waals surface area contributed by atoms with Crippen LogP contribution in [0.15, 0.2) is 24.3 Å². The summed E-state index contributed by atoms with van der Waals surface area (Å²) in [5.74, 6) is 0. The topological polar surface area (TPSA) is 50.8 Å². The fraction of sp³-hybridized carbons (Fsp3) is 0.562. The van der Waals surface area contributed by atoms with Crippen molar-refractivity contribution in [3.05, 3.63) is 29.8 Å². The number of benzene rings is 1. The lowest BCUT2D eigenvalue weighted by atomic mass is 9.97. The Morgan fingerprint density at radius 3 is 3.00 bits per heavy atom. The fourth-order valence-electron chi connectivity index (χ4n) is 2.47. The van der Waals surface area contributed by atoms with Gasteiger partial charge in [0.25, 0.3) is 0 Å². The maximum absolute atomic E-state index is 12.5. The first-order valence-corrected chi connectivity index (χ1v) is 7.23. The molecule has 1 aliphatic heterocycles. The Kier molecular flexibility index (Phi) is 4.85. The number of carbonyl (C=O) groups excluding carboxylic acids is 1. The molecule has 5 heteroatoms. The minimum Gasteiger partial charge on any atom is -0.380 e. The fourth-order valence-corrected chi connectivity index (χ4v) is 2.47. The number of hydrogen-bond acceptors (Lipinski definition) is 3. The normalized spacial score (nSPS) is 21.1. The zero-order valence-corrected chi connectivity index (χ0v) is 13.2. The van der Waals surface area contributed by atoms with E-state index in [4.69, 9.17) is 9.47 Å². The number of ether oxygens (including phenoxy) is 2. The lowest BCUT2D eigenvalue weighted by Crippen LogP contribution is -2.58. The summed E-state index contributed by atoms with van der Waals surface area (Å²) in [6.45, 7) is 7.74. The van der Waals surface area contributed by atoms with Gasteiger partial charge in [0.1, 0.15) is 0 Å². The Hall–Kier alpha value is -1.59. The van der Waals surface area contributed by atoms with E-state index in [-0.39, 0.29) is 17.7 Å². The van der Waals surface area contributed by atoms with Gasteiger partial charge in [-0.25, -0.2) is 4.79 Å². The maximum atomic E-state index is 12.5. The van der Waals surface area contributed by atoms with E-state index in [0.29, 0.717) is 19.8 Å². The van der Waals surface area contributed by atoms with Crippen LogP contribution in [0.2, 0.25) is 0 Å². The number of hydrogen-bond donors (Lipinski definition) is 1. The van der Waals surface area contributed by atoms with Crippen molar-refractivity contribution in [3.63, 3.8) is 0 Å². The van der Waals surface area contributed by atoms with Crippen LogP contribution in [0.3, 0.4) is 0 Å². The highest BCUT2D eigenvalue weighted by atomic mass is 16.5. The van der Waals surface area contributed by atoms with Crippen LogP contribution in [0.25, 0.3) is 0 Å². The Morgan fingerprint density at radius 2 is 2.29 bits per heavy atom. The summed E-state index contributed by atoms with van der Waals surface area (Å²) >= 11 is 0. The highest BCUT2D eigenvalue weighted by Crippen LogP contribution is 2.25. The van der Waals surface area contributed by atoms with E-state index >= 15 is 0 Å². The van der Waals surface area contributed by atoms with E-state index in [0.717, 1.165) is 11.3 Å². The maximum Gasteiger partial charge on any atom is 0.322 e. The summed E-state index contributed by atoms with van der Waals surface area (Å²) < 4.78 is 10.8. The smallest absolute Gasteiger partial charge is 0.322 e. The Bertz CT molecular complexity index is 502. The number of carbonyl (C=O) groups is 1. The number of rotatable bonds is 3. The minimum atomic E-state index is -0.326. The van der Waals surface area contributed by atoms with Crippen molar-refractivity contribution in [2.24, 2.45) is 0 Å². The van der Waals surface area contributed by atoms with Gasteiger partial charge in [-0.15, -0.1) is 0 Å². The van der Waals surface area contributed by atoms with Gasteiger partial charge in [-0.05, 0) is 38.5 Å². The molecule has 1 N–H and O–H groups in total. The lowest BCUT2D eigenvalue weighted by Gasteiger charge is -2.44. The van der Waals surface area contributed by atoms with Crippen LogP contribution in [0, 0.1) is 0 Å². The van der Waals surface area contributed by atoms with Crippen molar-refractivity contribution in [3.8, 4) is 0 Å². The van der Waals surface area contributed by atoms with Gasteiger partial charge in [0.05, 0.1) is 24.9 Å². The SMILES string of the molecule is COCc1cccc(NC(=O)N2CCOC(C)(C)C2C)c1. The van der Waals surface area contributed by atoms with Crippen molar-refractivity contribution in [2.75, 3.05) is 25.6 Å². The highest BCUT2D eigenvalue weighted by molar-refractivity contribution is 5.89. The third-order valence-corrected chi connectivity index (χ3v) is 4.03. The summed E-state index contributed by atoms with van der Waals surface area (Å²) in [5, 5.41) is 2.95. The van der Waals surface area contributed by atoms with Crippen LogP contribution in [0.5, 0.6) is 0 Å². The second kappa shape index (κ2) is 6.45. The van der Waals surface area contributed by atoms with Gasteiger partial charge in [-0.2, -0.15) is 0 Å². The molecule has 2 amide bonds. The molecule has 116 valence electrons. The molecule has 1 aromatic carbocycles. The van der Waals surface area contributed by atoms with Crippen LogP contribution in [-0.2, 0) is 16.1 Å². The second-order valence-corrected chi connectivity index (χ2v) is 5.88. The Labute approximate surface area is 126 Å². The molecule has 1 aliphatic rings. The highest BCUT2D eigenvalue weighted by Gasteiger charge is 2.37. The van der Waals surface area contributed by atoms with Gasteiger partial charge in [-0.1, -0.05) is 12.1 Å². The van der Waals surface area contributed by atoms with Gasteiger partial charge in [0, 0.05) is 19.3 Å². The summed E-state index contributed by atoms with van der Waals surface area (Å²) in [7, 11) is 1.66. The monoisotopic (exact) mass is 292 g/mol. The second-order valence-electron chi connectivity index (χ2n) is 5.88. The number of amides is 2. The number of nitrogens with zero attached hydrogens (tertiary/aromatic N) is 1. The molecule has 1 heterocycles. The van der Waals surface area contributed by atoms with E-state index in [1.165, 1.54) is 0 Å². The largest absolute Gasteiger partial charge is 0.380 e. The van der Waals surface area contributed by atoms with Crippen LogP contribution >= 0.6 is 0 Å². The lowest BCUT2D eigenvalue weighted by molar-refractivity contribution is -0.105. The van der Waals surface area contributed by atoms with Crippen molar-refractivity contribution in [2.45, 2.75) is 39.0 Å². The molecular weight excluding hydrogens is 268 g/mol. The van der Waals surface area contributed by atoms with Crippen LogP contribution in [0.4, 0.5) is 10.5 Å². The average Bonchev–Trinajstić information content (AvgIpc) is 2.42. The summed E-state index contributed by atoms with van der Waals surface area (Å²) in [6, 6.07) is 7.63. The van der Waals surface area contributed by atoms with Gasteiger partial charge in [-0.3, -0.25) is 0 Å². The molecular formula is C16H24N2O3. The standard InChI is InChI=1S/C16H24N2O3/c1-12-16(2,3)21-9-8-18(12)15(19)17-14-7-5-6-13(10-14)11-20-4/h5-7,10,12H,8-9,11H2,1-4H3,(H,17,19). The molecule has 1 aromatic rings. The zero-order chi connectivity index (χ0) is 15.5. The quantitative estimate of drug-likeness (QED) is 0.932. The molecule has 0 spiro atoms. The predicted molar refractivity (Wildman–Crippen MR) is 82.4 cm³/mol. The number of morpholine rings is 1. The number of anilines is 1. The molecule has 1 saturated heterocycles. The van der Waals surface area contributed by atoms with Crippen LogP contribution < -0.4 is 5.32 Å². The van der Waals surface area contributed by atoms with Crippen LogP contribution in [-0.4, -0.2) is 42.8 Å². The summed E-state index contributed by atoms with van der Waals surface area (Å²) in [5.41, 5.74) is 1.49. The number of nitrogens with one attached hydrogen (secondary N) is 1. The Morgan fingerprint density at radius 1 is 1.52 bits per heavy atom. The molecule has 2 rings (SSSR count). The molecule has 1 atom stereocenters. The van der Waals surface area contributed by atoms with E-state index in [1.54, 1.807) is 7.11 Å². The zero-order valence-electron chi connectivity index (χ0n) is 13.2. The van der Waals surface area contributed by atoms with E-state index in [1.807, 2.05) is 49.9 Å². The van der Waals surface area contributed by atoms with Gasteiger partial charge in [0.15, 0.2) is 0 Å². The summed E-state index contributed by atoms with van der Waals surface area (Å²) in [6.07, 6.45) is 0. The first-order chi connectivity index (χ1) is 9.94. The Balaban J connectivity index is 2.05. The van der Waals surface area contributed by atoms with E-state index in [9.17, 15) is 4.79 Å². The van der Waals surface area contributed by atoms with E-state index in [2.05, 4.69) is 5.32 Å². The molecule has 1 unspecified atom stereocenters. The van der Waals surface area contributed by atoms with Crippen molar-refractivity contribution in [1.29, 1.82) is 0 Å². The molecule has 0 aromatic heterocycles. The first kappa shape index (κ1) is 15.8. The number of methoxy groups -OCH3 is 1. The number of urea groups is 1. The molecule has 5 nitrogen and oxygen atoms in total. The third kappa shape index (κ3) is 3.74. The molecule has 0 saturated carbocycles. The first-order valence-electron chi connectivity index (χ1n) is 7.23. The van der Waals surface area contributed by atoms with Crippen molar-refractivity contribution in [1.82, 2.24) is 4.90 Å². The van der Waals surface area contributed by atoms with Gasteiger partial charge in [0.2, 0.25) is 0 Å². The summed E-state index contributed by atoms with van der Waals surface area (Å²) in [4.78, 5) is 14.3. The molecule has 0 radical (unpaired) electrons. The van der Waals surface area contributed by atoms with Crippen molar-refractivity contribution >= 4 is 11.7 Å². The average molecular weight is 292 g/mol. The molecule has 0 aliphatic carbocycles. The molecule has 0 bridgehead atoms. The molecule has 1 fully saturated rings. The van der Waals surface area contributed by atoms with Crippen molar-refractivity contribution < 1.29 is 14.3 Å².